The third kappa shape index (κ3) is 2.13. The van der Waals surface area contributed by atoms with Crippen molar-refractivity contribution in [3.05, 3.63) is 0 Å². The van der Waals surface area contributed by atoms with Gasteiger partial charge in [0.2, 0.25) is 0 Å². The van der Waals surface area contributed by atoms with Crippen molar-refractivity contribution in [1.29, 1.82) is 5.41 Å². The monoisotopic (exact) mass is 357 g/mol. The molecule has 0 aromatic heterocycles. The largest absolute Gasteiger partial charge is 0.370 e. The van der Waals surface area contributed by atoms with E-state index in [9.17, 15) is 0 Å². The van der Waals surface area contributed by atoms with Gasteiger partial charge in [0.15, 0.2) is 5.96 Å². The summed E-state index contributed by atoms with van der Waals surface area (Å²) in [7, 11) is 0. The fraction of sp³-hybridized carbons (Fsp3) is 0.952. The standard InChI is InChI=1S/C21H35N5/c22-19(23)26(17-13-1-11-2-14(17)8-20(24,5-11)7-13)18-15-3-12-4-16(18)10-21(25,6-12)9-15/h11-18H,1-10,24-25H2,(H3,22,23). The van der Waals surface area contributed by atoms with E-state index in [1.807, 2.05) is 0 Å². The highest BCUT2D eigenvalue weighted by molar-refractivity contribution is 5.75. The van der Waals surface area contributed by atoms with Crippen molar-refractivity contribution in [2.24, 2.45) is 52.7 Å². The number of hydrogen-bond donors (Lipinski definition) is 4. The molecule has 0 heterocycles. The van der Waals surface area contributed by atoms with Crippen LogP contribution >= 0.6 is 0 Å². The summed E-state index contributed by atoms with van der Waals surface area (Å²) in [6, 6.07) is 0.939. The normalized spacial score (nSPS) is 59.0. The lowest BCUT2D eigenvalue weighted by Crippen LogP contribution is -2.72. The van der Waals surface area contributed by atoms with E-state index in [4.69, 9.17) is 22.6 Å². The molecule has 5 nitrogen and oxygen atoms in total. The Kier molecular flexibility index (Phi) is 3.09. The zero-order valence-corrected chi connectivity index (χ0v) is 15.9. The smallest absolute Gasteiger partial charge is 0.188 e. The van der Waals surface area contributed by atoms with Crippen LogP contribution in [-0.4, -0.2) is 34.0 Å². The number of rotatable bonds is 2. The highest BCUT2D eigenvalue weighted by atomic mass is 15.3. The lowest BCUT2D eigenvalue weighted by atomic mass is 9.48. The quantitative estimate of drug-likeness (QED) is 0.448. The molecule has 8 fully saturated rings. The van der Waals surface area contributed by atoms with Crippen LogP contribution in [0.1, 0.15) is 64.2 Å². The lowest BCUT2D eigenvalue weighted by Gasteiger charge is -2.66. The zero-order chi connectivity index (χ0) is 17.8. The molecular weight excluding hydrogens is 322 g/mol. The molecule has 7 N–H and O–H groups in total. The van der Waals surface area contributed by atoms with E-state index in [0.29, 0.717) is 41.7 Å². The average Bonchev–Trinajstić information content (AvgIpc) is 2.48. The molecule has 0 amide bonds. The molecule has 0 aromatic carbocycles. The second-order valence-electron chi connectivity index (χ2n) is 11.4. The minimum atomic E-state index is 0.0842. The number of nitrogens with zero attached hydrogens (tertiary/aromatic N) is 1. The third-order valence-corrected chi connectivity index (χ3v) is 9.46. The first-order valence-electron chi connectivity index (χ1n) is 11.0. The van der Waals surface area contributed by atoms with Crippen molar-refractivity contribution in [2.75, 3.05) is 0 Å². The van der Waals surface area contributed by atoms with E-state index in [1.165, 1.54) is 38.5 Å². The van der Waals surface area contributed by atoms with Crippen LogP contribution < -0.4 is 17.2 Å². The molecule has 0 aliphatic heterocycles. The molecule has 4 unspecified atom stereocenters. The molecule has 0 radical (unpaired) electrons. The van der Waals surface area contributed by atoms with Crippen LogP contribution in [0.3, 0.4) is 0 Å². The lowest BCUT2D eigenvalue weighted by molar-refractivity contribution is -0.116. The van der Waals surface area contributed by atoms with Gasteiger partial charge < -0.3 is 22.1 Å². The Hall–Kier alpha value is -0.810. The van der Waals surface area contributed by atoms with Crippen LogP contribution in [0.5, 0.6) is 0 Å². The molecule has 8 rings (SSSR count). The molecule has 8 saturated carbocycles. The molecule has 26 heavy (non-hydrogen) atoms. The molecule has 8 bridgehead atoms. The van der Waals surface area contributed by atoms with E-state index >= 15 is 0 Å². The minimum absolute atomic E-state index is 0.0842. The summed E-state index contributed by atoms with van der Waals surface area (Å²) in [5, 5.41) is 8.54. The first kappa shape index (κ1) is 16.2. The Morgan fingerprint density at radius 1 is 0.692 bits per heavy atom. The van der Waals surface area contributed by atoms with Gasteiger partial charge in [-0.25, -0.2) is 0 Å². The van der Waals surface area contributed by atoms with Gasteiger partial charge in [-0.1, -0.05) is 0 Å². The van der Waals surface area contributed by atoms with Crippen LogP contribution in [0, 0.1) is 40.9 Å². The zero-order valence-electron chi connectivity index (χ0n) is 15.9. The van der Waals surface area contributed by atoms with Crippen molar-refractivity contribution in [3.8, 4) is 0 Å². The Labute approximate surface area is 156 Å². The van der Waals surface area contributed by atoms with Crippen LogP contribution in [-0.2, 0) is 0 Å². The summed E-state index contributed by atoms with van der Waals surface area (Å²) < 4.78 is 0. The second kappa shape index (κ2) is 4.96. The molecule has 8 aliphatic carbocycles. The van der Waals surface area contributed by atoms with Gasteiger partial charge in [-0.2, -0.15) is 0 Å². The van der Waals surface area contributed by atoms with Gasteiger partial charge in [-0.3, -0.25) is 5.41 Å². The highest BCUT2D eigenvalue weighted by Gasteiger charge is 2.60. The fourth-order valence-corrected chi connectivity index (χ4v) is 9.55. The molecule has 144 valence electrons. The maximum Gasteiger partial charge on any atom is 0.188 e. The fourth-order valence-electron chi connectivity index (χ4n) is 9.55. The molecule has 8 aliphatic rings. The van der Waals surface area contributed by atoms with Gasteiger partial charge >= 0.3 is 0 Å². The third-order valence-electron chi connectivity index (χ3n) is 9.46. The summed E-state index contributed by atoms with van der Waals surface area (Å²) in [4.78, 5) is 2.44. The Bertz CT molecular complexity index is 566. The van der Waals surface area contributed by atoms with E-state index in [-0.39, 0.29) is 11.1 Å². The number of nitrogens with one attached hydrogen (secondary N) is 1. The van der Waals surface area contributed by atoms with Crippen LogP contribution in [0.25, 0.3) is 0 Å². The predicted molar refractivity (Wildman–Crippen MR) is 102 cm³/mol. The predicted octanol–water partition coefficient (Wildman–Crippen LogP) is 1.99. The van der Waals surface area contributed by atoms with Crippen molar-refractivity contribution in [2.45, 2.75) is 87.4 Å². The van der Waals surface area contributed by atoms with E-state index in [2.05, 4.69) is 4.90 Å². The molecule has 4 atom stereocenters. The molecule has 5 heteroatoms. The van der Waals surface area contributed by atoms with Crippen LogP contribution in [0.4, 0.5) is 0 Å². The molecule has 0 saturated heterocycles. The van der Waals surface area contributed by atoms with Gasteiger partial charge in [-0.05, 0) is 99.7 Å². The summed E-state index contributed by atoms with van der Waals surface area (Å²) in [5.74, 6) is 4.59. The van der Waals surface area contributed by atoms with Crippen LogP contribution in [0.2, 0.25) is 0 Å². The topological polar surface area (TPSA) is 105 Å². The second-order valence-corrected chi connectivity index (χ2v) is 11.4. The van der Waals surface area contributed by atoms with Crippen molar-refractivity contribution in [3.63, 3.8) is 0 Å². The summed E-state index contributed by atoms with van der Waals surface area (Å²) >= 11 is 0. The van der Waals surface area contributed by atoms with E-state index in [0.717, 1.165) is 37.5 Å². The van der Waals surface area contributed by atoms with Gasteiger partial charge in [0, 0.05) is 23.2 Å². The Morgan fingerprint density at radius 3 is 1.31 bits per heavy atom. The van der Waals surface area contributed by atoms with Gasteiger partial charge in [0.05, 0.1) is 0 Å². The van der Waals surface area contributed by atoms with Crippen molar-refractivity contribution >= 4 is 5.96 Å². The first-order chi connectivity index (χ1) is 12.3. The molecule has 0 spiro atoms. The van der Waals surface area contributed by atoms with Crippen molar-refractivity contribution in [1.82, 2.24) is 4.90 Å². The van der Waals surface area contributed by atoms with Gasteiger partial charge in [0.1, 0.15) is 0 Å². The van der Waals surface area contributed by atoms with Crippen molar-refractivity contribution < 1.29 is 0 Å². The first-order valence-corrected chi connectivity index (χ1v) is 11.0. The summed E-state index contributed by atoms with van der Waals surface area (Å²) in [5.41, 5.74) is 20.0. The SMILES string of the molecule is N=C(N)N(C1C2CC3CC1CC(N)(C3)C2)C1C2CC3CC1CC(N)(C3)C2. The average molecular weight is 358 g/mol. The maximum atomic E-state index is 8.54. The number of hydrogen-bond acceptors (Lipinski definition) is 3. The number of guanidine groups is 1. The minimum Gasteiger partial charge on any atom is -0.370 e. The number of nitrogens with two attached hydrogens (primary N) is 3. The summed E-state index contributed by atoms with van der Waals surface area (Å²) in [6.07, 6.45) is 12.3. The van der Waals surface area contributed by atoms with E-state index in [1.54, 1.807) is 0 Å². The maximum absolute atomic E-state index is 8.54. The Balaban J connectivity index is 1.34. The van der Waals surface area contributed by atoms with Gasteiger partial charge in [0.25, 0.3) is 0 Å². The molecule has 0 aromatic rings. The summed E-state index contributed by atoms with van der Waals surface area (Å²) in [6.45, 7) is 0. The highest BCUT2D eigenvalue weighted by Crippen LogP contribution is 2.60. The van der Waals surface area contributed by atoms with Gasteiger partial charge in [-0.15, -0.1) is 0 Å². The van der Waals surface area contributed by atoms with E-state index < -0.39 is 0 Å². The van der Waals surface area contributed by atoms with Crippen LogP contribution in [0.15, 0.2) is 0 Å². The Morgan fingerprint density at radius 2 is 1.04 bits per heavy atom. The molecular formula is C21H35N5.